The van der Waals surface area contributed by atoms with Gasteiger partial charge in [0.15, 0.2) is 0 Å². The molecule has 4 rings (SSSR count). The Morgan fingerprint density at radius 1 is 1.03 bits per heavy atom. The number of nitrogens with one attached hydrogen (secondary N) is 1. The van der Waals surface area contributed by atoms with E-state index in [4.69, 9.17) is 4.98 Å². The molecule has 1 saturated heterocycles. The van der Waals surface area contributed by atoms with Gasteiger partial charge in [0.1, 0.15) is 5.82 Å². The average molecular weight is 501 g/mol. The van der Waals surface area contributed by atoms with Gasteiger partial charge in [0, 0.05) is 35.8 Å². The number of hydrogen-bond donors (Lipinski definition) is 1. The molecule has 37 heavy (non-hydrogen) atoms. The molecule has 0 saturated carbocycles. The van der Waals surface area contributed by atoms with Gasteiger partial charge in [0.05, 0.1) is 6.54 Å². The van der Waals surface area contributed by atoms with Gasteiger partial charge in [-0.1, -0.05) is 61.9 Å². The molecule has 1 fully saturated rings. The summed E-state index contributed by atoms with van der Waals surface area (Å²) >= 11 is 0. The summed E-state index contributed by atoms with van der Waals surface area (Å²) in [6.07, 6.45) is 2.47. The third-order valence-electron chi connectivity index (χ3n) is 7.49. The van der Waals surface area contributed by atoms with Crippen LogP contribution in [0, 0.1) is 26.7 Å². The van der Waals surface area contributed by atoms with Crippen LogP contribution in [0.1, 0.15) is 76.7 Å². The second-order valence-corrected chi connectivity index (χ2v) is 10.7. The molecule has 0 unspecified atom stereocenters. The fourth-order valence-electron chi connectivity index (χ4n) is 5.31. The number of amides is 1. The molecule has 1 N–H and O–H groups in total. The Morgan fingerprint density at radius 2 is 1.73 bits per heavy atom. The van der Waals surface area contributed by atoms with Gasteiger partial charge in [0.25, 0.3) is 11.5 Å². The summed E-state index contributed by atoms with van der Waals surface area (Å²) in [4.78, 5) is 34.4. The molecule has 2 heterocycles. The highest BCUT2D eigenvalue weighted by molar-refractivity contribution is 5.96. The SMILES string of the molecule is Cc1ccc(C(=O)NCCN2CCCC2)c([C@H](c2nc(C)c(C)c(=O)n2Cc2ccccc2)C(C)C)c1. The molecule has 1 atom stereocenters. The van der Waals surface area contributed by atoms with E-state index in [2.05, 4.69) is 30.1 Å². The first kappa shape index (κ1) is 26.8. The fourth-order valence-corrected chi connectivity index (χ4v) is 5.31. The minimum Gasteiger partial charge on any atom is -0.351 e. The molecule has 196 valence electrons. The highest BCUT2D eigenvalue weighted by atomic mass is 16.1. The number of benzene rings is 2. The Balaban J connectivity index is 1.75. The van der Waals surface area contributed by atoms with E-state index in [-0.39, 0.29) is 23.3 Å². The number of likely N-dealkylation sites (tertiary alicyclic amines) is 1. The summed E-state index contributed by atoms with van der Waals surface area (Å²) in [6.45, 7) is 14.2. The molecule has 0 spiro atoms. The van der Waals surface area contributed by atoms with Crippen molar-refractivity contribution in [3.05, 3.63) is 98.2 Å². The van der Waals surface area contributed by atoms with Crippen LogP contribution in [0.2, 0.25) is 0 Å². The molecule has 1 amide bonds. The molecular formula is C31H40N4O2. The standard InChI is InChI=1S/C31H40N4O2/c1-21(2)28(29-33-24(5)23(4)31(37)35(29)20-25-11-7-6-8-12-25)27-19-22(3)13-14-26(27)30(36)32-15-18-34-16-9-10-17-34/h6-8,11-14,19,21,28H,9-10,15-18,20H2,1-5H3,(H,32,36)/t28-/m1/s1. The van der Waals surface area contributed by atoms with Crippen molar-refractivity contribution in [2.45, 2.75) is 59.9 Å². The van der Waals surface area contributed by atoms with E-state index in [1.54, 1.807) is 4.57 Å². The summed E-state index contributed by atoms with van der Waals surface area (Å²) in [5.41, 5.74) is 5.07. The van der Waals surface area contributed by atoms with Gasteiger partial charge in [0.2, 0.25) is 0 Å². The molecular weight excluding hydrogens is 460 g/mol. The second kappa shape index (κ2) is 11.9. The van der Waals surface area contributed by atoms with Gasteiger partial charge in [-0.25, -0.2) is 4.98 Å². The predicted octanol–water partition coefficient (Wildman–Crippen LogP) is 4.83. The third kappa shape index (κ3) is 6.19. The Morgan fingerprint density at radius 3 is 2.41 bits per heavy atom. The maximum atomic E-state index is 13.6. The number of nitrogens with zero attached hydrogens (tertiary/aromatic N) is 3. The smallest absolute Gasteiger partial charge is 0.256 e. The van der Waals surface area contributed by atoms with Crippen LogP contribution in [0.4, 0.5) is 0 Å². The Bertz CT molecular complexity index is 1290. The highest BCUT2D eigenvalue weighted by Gasteiger charge is 2.29. The predicted molar refractivity (Wildman–Crippen MR) is 149 cm³/mol. The Hall–Kier alpha value is -3.25. The number of carbonyl (C=O) groups excluding carboxylic acids is 1. The molecule has 6 nitrogen and oxygen atoms in total. The number of rotatable bonds is 9. The zero-order valence-electron chi connectivity index (χ0n) is 22.9. The maximum absolute atomic E-state index is 13.6. The first-order valence-electron chi connectivity index (χ1n) is 13.5. The van der Waals surface area contributed by atoms with Crippen molar-refractivity contribution in [3.63, 3.8) is 0 Å². The van der Waals surface area contributed by atoms with Crippen LogP contribution in [0.5, 0.6) is 0 Å². The fraction of sp³-hybridized carbons (Fsp3) is 0.452. The number of aromatic nitrogens is 2. The molecule has 0 aliphatic carbocycles. The van der Waals surface area contributed by atoms with Crippen LogP contribution >= 0.6 is 0 Å². The molecule has 1 aliphatic rings. The molecule has 0 bridgehead atoms. The van der Waals surface area contributed by atoms with E-state index < -0.39 is 0 Å². The van der Waals surface area contributed by atoms with E-state index >= 15 is 0 Å². The van der Waals surface area contributed by atoms with Crippen molar-refractivity contribution in [1.29, 1.82) is 0 Å². The van der Waals surface area contributed by atoms with Crippen LogP contribution < -0.4 is 10.9 Å². The van der Waals surface area contributed by atoms with Crippen molar-refractivity contribution in [2.75, 3.05) is 26.2 Å². The second-order valence-electron chi connectivity index (χ2n) is 10.7. The normalized spacial score (nSPS) is 14.8. The average Bonchev–Trinajstić information content (AvgIpc) is 3.39. The van der Waals surface area contributed by atoms with Crippen LogP contribution in [0.25, 0.3) is 0 Å². The maximum Gasteiger partial charge on any atom is 0.256 e. The van der Waals surface area contributed by atoms with Gasteiger partial charge in [-0.05, 0) is 69.8 Å². The van der Waals surface area contributed by atoms with Crippen molar-refractivity contribution in [1.82, 2.24) is 19.8 Å². The van der Waals surface area contributed by atoms with E-state index in [1.165, 1.54) is 12.8 Å². The molecule has 0 radical (unpaired) electrons. The Labute approximate surface area is 220 Å². The lowest BCUT2D eigenvalue weighted by atomic mass is 9.83. The molecule has 3 aromatic rings. The quantitative estimate of drug-likeness (QED) is 0.457. The van der Waals surface area contributed by atoms with E-state index in [9.17, 15) is 9.59 Å². The van der Waals surface area contributed by atoms with Gasteiger partial charge >= 0.3 is 0 Å². The Kier molecular flexibility index (Phi) is 8.59. The summed E-state index contributed by atoms with van der Waals surface area (Å²) in [5, 5.41) is 3.15. The van der Waals surface area contributed by atoms with Gasteiger partial charge in [-0.2, -0.15) is 0 Å². The summed E-state index contributed by atoms with van der Waals surface area (Å²) < 4.78 is 1.81. The molecule has 1 aliphatic heterocycles. The number of carbonyl (C=O) groups is 1. The molecule has 6 heteroatoms. The first-order valence-corrected chi connectivity index (χ1v) is 13.5. The van der Waals surface area contributed by atoms with Crippen LogP contribution in [-0.2, 0) is 6.54 Å². The topological polar surface area (TPSA) is 67.2 Å². The van der Waals surface area contributed by atoms with E-state index in [0.29, 0.717) is 30.0 Å². The highest BCUT2D eigenvalue weighted by Crippen LogP contribution is 2.34. The zero-order chi connectivity index (χ0) is 26.5. The van der Waals surface area contributed by atoms with E-state index in [1.807, 2.05) is 63.2 Å². The summed E-state index contributed by atoms with van der Waals surface area (Å²) in [5.74, 6) is 0.549. The van der Waals surface area contributed by atoms with Crippen molar-refractivity contribution < 1.29 is 4.79 Å². The molecule has 2 aromatic carbocycles. The zero-order valence-corrected chi connectivity index (χ0v) is 22.9. The van der Waals surface area contributed by atoms with Crippen LogP contribution in [0.3, 0.4) is 0 Å². The lowest BCUT2D eigenvalue weighted by molar-refractivity contribution is 0.0948. The largest absolute Gasteiger partial charge is 0.351 e. The number of aryl methyl sites for hydroxylation is 2. The first-order chi connectivity index (χ1) is 17.8. The summed E-state index contributed by atoms with van der Waals surface area (Å²) in [7, 11) is 0. The van der Waals surface area contributed by atoms with Crippen LogP contribution in [0.15, 0.2) is 53.3 Å². The van der Waals surface area contributed by atoms with E-state index in [0.717, 1.165) is 42.0 Å². The summed E-state index contributed by atoms with van der Waals surface area (Å²) in [6, 6.07) is 16.0. The lowest BCUT2D eigenvalue weighted by Crippen LogP contribution is -2.35. The van der Waals surface area contributed by atoms with Crippen molar-refractivity contribution in [3.8, 4) is 0 Å². The monoisotopic (exact) mass is 500 g/mol. The van der Waals surface area contributed by atoms with Crippen molar-refractivity contribution >= 4 is 5.91 Å². The minimum absolute atomic E-state index is 0.0266. The van der Waals surface area contributed by atoms with Gasteiger partial charge in [-0.15, -0.1) is 0 Å². The number of hydrogen-bond acceptors (Lipinski definition) is 4. The molecule has 1 aromatic heterocycles. The van der Waals surface area contributed by atoms with Gasteiger partial charge < -0.3 is 10.2 Å². The van der Waals surface area contributed by atoms with Crippen LogP contribution in [-0.4, -0.2) is 46.5 Å². The van der Waals surface area contributed by atoms with Crippen molar-refractivity contribution in [2.24, 2.45) is 5.92 Å². The van der Waals surface area contributed by atoms with Gasteiger partial charge in [-0.3, -0.25) is 14.2 Å². The minimum atomic E-state index is -0.213. The lowest BCUT2D eigenvalue weighted by Gasteiger charge is -2.27. The third-order valence-corrected chi connectivity index (χ3v) is 7.49.